The van der Waals surface area contributed by atoms with Gasteiger partial charge in [-0.3, -0.25) is 0 Å². The monoisotopic (exact) mass is 718 g/mol. The van der Waals surface area contributed by atoms with Gasteiger partial charge < -0.3 is 0 Å². The molecule has 0 saturated heterocycles. The molecule has 0 unspecified atom stereocenters. The summed E-state index contributed by atoms with van der Waals surface area (Å²) in [5.74, 6) is 0. The van der Waals surface area contributed by atoms with Crippen molar-refractivity contribution in [3.05, 3.63) is 96.6 Å². The second-order valence-electron chi connectivity index (χ2n) is 13.8. The van der Waals surface area contributed by atoms with E-state index >= 15 is 0 Å². The molecule has 3 aromatic rings. The summed E-state index contributed by atoms with van der Waals surface area (Å²) in [7, 11) is -4.00. The Morgan fingerprint density at radius 3 is 1.49 bits per heavy atom. The van der Waals surface area contributed by atoms with E-state index < -0.39 is 30.4 Å². The van der Waals surface area contributed by atoms with E-state index in [1.165, 1.54) is 51.4 Å². The van der Waals surface area contributed by atoms with Crippen molar-refractivity contribution in [1.29, 1.82) is 0 Å². The van der Waals surface area contributed by atoms with E-state index in [2.05, 4.69) is 72.7 Å². The Morgan fingerprint density at radius 1 is 0.581 bits per heavy atom. The number of benzene rings is 3. The minimum atomic E-state index is -4.00. The molecule has 0 heterocycles. The van der Waals surface area contributed by atoms with Crippen molar-refractivity contribution in [2.45, 2.75) is 135 Å². The first-order valence-corrected chi connectivity index (χ1v) is 20.7. The van der Waals surface area contributed by atoms with Gasteiger partial charge in [-0.1, -0.05) is 26.2 Å². The van der Waals surface area contributed by atoms with Crippen molar-refractivity contribution in [3.8, 4) is 0 Å². The molecule has 5 heteroatoms. The van der Waals surface area contributed by atoms with Gasteiger partial charge in [0, 0.05) is 0 Å². The average molecular weight is 719 g/mol. The van der Waals surface area contributed by atoms with E-state index in [1.54, 1.807) is 6.07 Å². The van der Waals surface area contributed by atoms with Crippen LogP contribution in [0.15, 0.2) is 77.7 Å². The minimum absolute atomic E-state index is 0.149. The Labute approximate surface area is 271 Å². The van der Waals surface area contributed by atoms with Crippen LogP contribution in [-0.2, 0) is 29.9 Å². The van der Waals surface area contributed by atoms with Gasteiger partial charge >= 0.3 is 247 Å². The second-order valence-corrected chi connectivity index (χ2v) is 20.1. The van der Waals surface area contributed by atoms with E-state index in [0.29, 0.717) is 4.90 Å². The van der Waals surface area contributed by atoms with Crippen molar-refractivity contribution >= 4 is 30.4 Å². The topological polar surface area (TPSA) is 43.4 Å². The molecule has 0 fully saturated rings. The van der Waals surface area contributed by atoms with Crippen LogP contribution in [0.2, 0.25) is 0 Å². The zero-order valence-electron chi connectivity index (χ0n) is 27.7. The number of unbranched alkanes of at least 4 members (excludes halogenated alkanes) is 9. The number of aryl methyl sites for hydroxylation is 1. The maximum atomic E-state index is 14.2. The van der Waals surface area contributed by atoms with Crippen molar-refractivity contribution in [1.82, 2.24) is 0 Å². The Kier molecular flexibility index (Phi) is 13.8. The average Bonchev–Trinajstić information content (AvgIpc) is 2.96. The number of halogens is 1. The number of hydrogen-bond acceptors (Lipinski definition) is 3. The molecule has 0 aliphatic carbocycles. The quantitative estimate of drug-likeness (QED) is 0.109. The number of hydrogen-bond donors (Lipinski definition) is 0. The summed E-state index contributed by atoms with van der Waals surface area (Å²) < 4.78 is 37.1. The maximum absolute atomic E-state index is 14.2. The molecule has 0 radical (unpaired) electrons. The van der Waals surface area contributed by atoms with E-state index in [-0.39, 0.29) is 10.8 Å². The van der Waals surface area contributed by atoms with E-state index in [1.807, 2.05) is 42.5 Å². The van der Waals surface area contributed by atoms with Gasteiger partial charge in [-0.15, -0.1) is 0 Å². The summed E-state index contributed by atoms with van der Waals surface area (Å²) in [5.41, 5.74) is 2.87. The van der Waals surface area contributed by atoms with Crippen LogP contribution in [0.1, 0.15) is 129 Å². The molecule has 238 valence electrons. The third-order valence-corrected chi connectivity index (χ3v) is 15.6. The molecule has 0 amide bonds. The van der Waals surface area contributed by atoms with Crippen molar-refractivity contribution in [2.75, 3.05) is 0 Å². The van der Waals surface area contributed by atoms with Crippen LogP contribution in [0.5, 0.6) is 0 Å². The normalized spacial score (nSPS) is 12.9. The molecule has 0 atom stereocenters. The summed E-state index contributed by atoms with van der Waals surface area (Å²) in [4.78, 5) is 0.328. The fourth-order valence-electron chi connectivity index (χ4n) is 5.49. The summed E-state index contributed by atoms with van der Waals surface area (Å²) in [6.45, 7) is 15.4. The standard InChI is InChI=1S/C38H55IO3S/c1-8-9-10-11-12-13-14-15-16-17-24-31-25-18-23-30-36(31)43(40,41)42-39(34-28-21-19-26-32(34)37(2,3)4)35-29-22-20-27-33(35)38(5,6)7/h18-23,25-30H,8-17,24H2,1-7H3. The van der Waals surface area contributed by atoms with Crippen molar-refractivity contribution in [3.63, 3.8) is 0 Å². The van der Waals surface area contributed by atoms with E-state index in [4.69, 9.17) is 2.51 Å². The Bertz CT molecular complexity index is 1330. The summed E-state index contributed by atoms with van der Waals surface area (Å²) in [6, 6.07) is 24.1. The molecule has 0 aliphatic rings. The van der Waals surface area contributed by atoms with Crippen LogP contribution in [0, 0.1) is 7.14 Å². The predicted octanol–water partition coefficient (Wildman–Crippen LogP) is 11.6. The van der Waals surface area contributed by atoms with Gasteiger partial charge in [-0.05, 0) is 0 Å². The van der Waals surface area contributed by atoms with Crippen LogP contribution < -0.4 is 0 Å². The molecule has 0 aliphatic heterocycles. The Morgan fingerprint density at radius 2 is 1.00 bits per heavy atom. The van der Waals surface area contributed by atoms with Gasteiger partial charge in [-0.25, -0.2) is 0 Å². The first-order chi connectivity index (χ1) is 20.4. The Balaban J connectivity index is 1.87. The van der Waals surface area contributed by atoms with Crippen molar-refractivity contribution < 1.29 is 10.9 Å². The predicted molar refractivity (Wildman–Crippen MR) is 192 cm³/mol. The van der Waals surface area contributed by atoms with Crippen molar-refractivity contribution in [2.24, 2.45) is 0 Å². The number of rotatable bonds is 16. The van der Waals surface area contributed by atoms with Gasteiger partial charge in [0.1, 0.15) is 0 Å². The fourth-order valence-corrected chi connectivity index (χ4v) is 14.5. The second kappa shape index (κ2) is 16.6. The third kappa shape index (κ3) is 10.7. The molecule has 0 bridgehead atoms. The molecule has 0 aromatic heterocycles. The third-order valence-electron chi connectivity index (χ3n) is 7.92. The molecule has 0 saturated carbocycles. The van der Waals surface area contributed by atoms with Crippen LogP contribution in [-0.4, -0.2) is 8.42 Å². The fraction of sp³-hybridized carbons (Fsp3) is 0.526. The van der Waals surface area contributed by atoms with Crippen LogP contribution in [0.25, 0.3) is 0 Å². The summed E-state index contributed by atoms with van der Waals surface area (Å²) >= 11 is -2.94. The van der Waals surface area contributed by atoms with Gasteiger partial charge in [0.2, 0.25) is 0 Å². The summed E-state index contributed by atoms with van der Waals surface area (Å²) in [6.07, 6.45) is 13.3. The van der Waals surface area contributed by atoms with E-state index in [9.17, 15) is 8.42 Å². The molecule has 43 heavy (non-hydrogen) atoms. The molecule has 3 aromatic carbocycles. The van der Waals surface area contributed by atoms with E-state index in [0.717, 1.165) is 43.1 Å². The SMILES string of the molecule is CCCCCCCCCCCCc1ccccc1S(=O)(=O)OI(c1ccccc1C(C)(C)C)c1ccccc1C(C)(C)C. The first-order valence-electron chi connectivity index (χ1n) is 16.3. The van der Waals surface area contributed by atoms with Gasteiger partial charge in [0.15, 0.2) is 0 Å². The van der Waals surface area contributed by atoms with Crippen LogP contribution >= 0.6 is 20.2 Å². The molecule has 3 rings (SSSR count). The summed E-state index contributed by atoms with van der Waals surface area (Å²) in [5, 5.41) is 0. The van der Waals surface area contributed by atoms with Gasteiger partial charge in [-0.2, -0.15) is 0 Å². The Hall–Kier alpha value is -1.70. The molecular formula is C38H55IO3S. The molecule has 3 nitrogen and oxygen atoms in total. The zero-order chi connectivity index (χ0) is 31.5. The van der Waals surface area contributed by atoms with Gasteiger partial charge in [0.25, 0.3) is 0 Å². The zero-order valence-corrected chi connectivity index (χ0v) is 30.7. The molecule has 0 spiro atoms. The van der Waals surface area contributed by atoms with Crippen LogP contribution in [0.4, 0.5) is 0 Å². The first kappa shape index (κ1) is 35.8. The van der Waals surface area contributed by atoms with Gasteiger partial charge in [0.05, 0.1) is 0 Å². The molecule has 0 N–H and O–H groups in total. The van der Waals surface area contributed by atoms with Crippen LogP contribution in [0.3, 0.4) is 0 Å². The molecular weight excluding hydrogens is 663 g/mol.